The number of fused-ring (bicyclic) bond motifs is 1. The second-order valence-electron chi connectivity index (χ2n) is 5.55. The zero-order chi connectivity index (χ0) is 15.8. The Morgan fingerprint density at radius 3 is 2.43 bits per heavy atom. The molecule has 4 nitrogen and oxygen atoms in total. The largest absolute Gasteiger partial charge is 0.462 e. The van der Waals surface area contributed by atoms with Gasteiger partial charge in [-0.25, -0.2) is 0 Å². The minimum atomic E-state index is -0.367. The van der Waals surface area contributed by atoms with Crippen molar-refractivity contribution in [1.82, 2.24) is 0 Å². The number of carbonyl (C=O) groups excluding carboxylic acids is 1. The Kier molecular flexibility index (Phi) is 3.15. The van der Waals surface area contributed by atoms with Gasteiger partial charge in [0.1, 0.15) is 11.5 Å². The summed E-state index contributed by atoms with van der Waals surface area (Å²) in [7, 11) is 0. The number of para-hydroxylation sites is 2. The average molecular weight is 304 g/mol. The van der Waals surface area contributed by atoms with E-state index in [1.165, 1.54) is 0 Å². The minimum absolute atomic E-state index is 0.0374. The molecule has 0 radical (unpaired) electrons. The average Bonchev–Trinajstić information content (AvgIpc) is 3.02. The van der Waals surface area contributed by atoms with Crippen LogP contribution in [0.3, 0.4) is 0 Å². The Bertz CT molecular complexity index is 855. The molecule has 23 heavy (non-hydrogen) atoms. The standard InChI is InChI=1S/C19H16N2O2/c1-13-11-12-17(23-13)18-20-16-10-6-5-9-15(16)19(22)21(18)14-7-3-2-4-8-14/h2-12,18,20H,1H3. The SMILES string of the molecule is Cc1ccc(C2Nc3ccccc3C(=O)N2c2ccccc2)o1. The van der Waals surface area contributed by atoms with E-state index in [1.807, 2.05) is 73.7 Å². The van der Waals surface area contributed by atoms with Crippen molar-refractivity contribution in [1.29, 1.82) is 0 Å². The van der Waals surface area contributed by atoms with E-state index in [-0.39, 0.29) is 12.1 Å². The number of benzene rings is 2. The summed E-state index contributed by atoms with van der Waals surface area (Å²) in [6, 6.07) is 21.0. The second-order valence-corrected chi connectivity index (χ2v) is 5.55. The van der Waals surface area contributed by atoms with Gasteiger partial charge in [-0.15, -0.1) is 0 Å². The number of rotatable bonds is 2. The van der Waals surface area contributed by atoms with Crippen molar-refractivity contribution < 1.29 is 9.21 Å². The lowest BCUT2D eigenvalue weighted by atomic mass is 10.1. The number of hydrogen-bond donors (Lipinski definition) is 1. The first-order chi connectivity index (χ1) is 11.2. The molecule has 1 amide bonds. The molecule has 1 aromatic heterocycles. The van der Waals surface area contributed by atoms with E-state index < -0.39 is 0 Å². The fourth-order valence-corrected chi connectivity index (χ4v) is 2.91. The molecule has 4 heteroatoms. The first-order valence-corrected chi connectivity index (χ1v) is 7.54. The lowest BCUT2D eigenvalue weighted by molar-refractivity contribution is 0.0971. The van der Waals surface area contributed by atoms with Crippen molar-refractivity contribution >= 4 is 17.3 Å². The maximum Gasteiger partial charge on any atom is 0.262 e. The molecule has 0 saturated carbocycles. The Balaban J connectivity index is 1.86. The number of furan rings is 1. The van der Waals surface area contributed by atoms with Crippen LogP contribution in [0.25, 0.3) is 0 Å². The zero-order valence-corrected chi connectivity index (χ0v) is 12.7. The normalized spacial score (nSPS) is 16.8. The monoisotopic (exact) mass is 304 g/mol. The van der Waals surface area contributed by atoms with Crippen molar-refractivity contribution in [2.24, 2.45) is 0 Å². The molecule has 1 aliphatic rings. The van der Waals surface area contributed by atoms with Crippen LogP contribution < -0.4 is 10.2 Å². The first-order valence-electron chi connectivity index (χ1n) is 7.54. The molecule has 1 unspecified atom stereocenters. The van der Waals surface area contributed by atoms with Gasteiger partial charge in [0.2, 0.25) is 0 Å². The Morgan fingerprint density at radius 2 is 1.70 bits per heavy atom. The molecule has 114 valence electrons. The van der Waals surface area contributed by atoms with Crippen molar-refractivity contribution in [3.05, 3.63) is 83.8 Å². The van der Waals surface area contributed by atoms with E-state index >= 15 is 0 Å². The number of amides is 1. The molecular weight excluding hydrogens is 288 g/mol. The Labute approximate surface area is 134 Å². The molecule has 4 rings (SSSR count). The third-order valence-corrected chi connectivity index (χ3v) is 3.99. The Morgan fingerprint density at radius 1 is 0.957 bits per heavy atom. The highest BCUT2D eigenvalue weighted by Crippen LogP contribution is 2.36. The highest BCUT2D eigenvalue weighted by atomic mass is 16.3. The summed E-state index contributed by atoms with van der Waals surface area (Å²) in [6.07, 6.45) is -0.367. The van der Waals surface area contributed by atoms with E-state index in [4.69, 9.17) is 4.42 Å². The van der Waals surface area contributed by atoms with Crippen molar-refractivity contribution in [3.63, 3.8) is 0 Å². The number of carbonyl (C=O) groups is 1. The maximum absolute atomic E-state index is 13.1. The summed E-state index contributed by atoms with van der Waals surface area (Å²) in [4.78, 5) is 14.8. The Hall–Kier alpha value is -3.01. The van der Waals surface area contributed by atoms with Crippen molar-refractivity contribution in [3.8, 4) is 0 Å². The van der Waals surface area contributed by atoms with Crippen LogP contribution in [0.2, 0.25) is 0 Å². The van der Waals surface area contributed by atoms with Gasteiger partial charge in [0.25, 0.3) is 5.91 Å². The lowest BCUT2D eigenvalue weighted by Crippen LogP contribution is -2.43. The predicted octanol–water partition coefficient (Wildman–Crippen LogP) is 4.36. The van der Waals surface area contributed by atoms with Crippen LogP contribution in [0.4, 0.5) is 11.4 Å². The van der Waals surface area contributed by atoms with E-state index in [2.05, 4.69) is 5.32 Å². The van der Waals surface area contributed by atoms with Gasteiger partial charge >= 0.3 is 0 Å². The minimum Gasteiger partial charge on any atom is -0.462 e. The fraction of sp³-hybridized carbons (Fsp3) is 0.105. The summed E-state index contributed by atoms with van der Waals surface area (Å²) in [5, 5.41) is 3.42. The summed E-state index contributed by atoms with van der Waals surface area (Å²) < 4.78 is 5.78. The topological polar surface area (TPSA) is 45.5 Å². The number of anilines is 2. The number of aryl methyl sites for hydroxylation is 1. The quantitative estimate of drug-likeness (QED) is 0.765. The van der Waals surface area contributed by atoms with E-state index in [0.717, 1.165) is 17.1 Å². The third-order valence-electron chi connectivity index (χ3n) is 3.99. The fourth-order valence-electron chi connectivity index (χ4n) is 2.91. The van der Waals surface area contributed by atoms with E-state index in [1.54, 1.807) is 4.90 Å². The summed E-state index contributed by atoms with van der Waals surface area (Å²) in [6.45, 7) is 1.90. The van der Waals surface area contributed by atoms with Gasteiger partial charge in [0.15, 0.2) is 6.17 Å². The van der Waals surface area contributed by atoms with Gasteiger partial charge in [-0.3, -0.25) is 9.69 Å². The molecule has 1 atom stereocenters. The molecule has 2 heterocycles. The number of nitrogens with zero attached hydrogens (tertiary/aromatic N) is 1. The van der Waals surface area contributed by atoms with Crippen LogP contribution in [-0.4, -0.2) is 5.91 Å². The molecule has 0 bridgehead atoms. The zero-order valence-electron chi connectivity index (χ0n) is 12.7. The molecule has 0 spiro atoms. The van der Waals surface area contributed by atoms with Gasteiger partial charge in [-0.1, -0.05) is 30.3 Å². The molecule has 0 aliphatic carbocycles. The molecule has 0 saturated heterocycles. The summed E-state index contributed by atoms with van der Waals surface area (Å²) in [5.41, 5.74) is 2.32. The summed E-state index contributed by atoms with van der Waals surface area (Å²) >= 11 is 0. The van der Waals surface area contributed by atoms with Crippen LogP contribution >= 0.6 is 0 Å². The smallest absolute Gasteiger partial charge is 0.262 e. The molecule has 1 N–H and O–H groups in total. The molecule has 0 fully saturated rings. The third kappa shape index (κ3) is 2.28. The highest BCUT2D eigenvalue weighted by molar-refractivity contribution is 6.12. The van der Waals surface area contributed by atoms with Gasteiger partial charge in [0, 0.05) is 11.4 Å². The number of hydrogen-bond acceptors (Lipinski definition) is 3. The molecule has 2 aromatic carbocycles. The van der Waals surface area contributed by atoms with Crippen LogP contribution in [0.1, 0.15) is 28.0 Å². The predicted molar refractivity (Wildman–Crippen MR) is 89.5 cm³/mol. The summed E-state index contributed by atoms with van der Waals surface area (Å²) in [5.74, 6) is 1.50. The van der Waals surface area contributed by atoms with E-state index in [0.29, 0.717) is 11.3 Å². The van der Waals surface area contributed by atoms with Gasteiger partial charge in [0.05, 0.1) is 5.56 Å². The van der Waals surface area contributed by atoms with Crippen LogP contribution in [-0.2, 0) is 0 Å². The van der Waals surface area contributed by atoms with E-state index in [9.17, 15) is 4.79 Å². The lowest BCUT2D eigenvalue weighted by Gasteiger charge is -2.36. The maximum atomic E-state index is 13.1. The second kappa shape index (κ2) is 5.32. The molecule has 3 aromatic rings. The van der Waals surface area contributed by atoms with Crippen LogP contribution in [0.15, 0.2) is 71.1 Å². The number of nitrogens with one attached hydrogen (secondary N) is 1. The van der Waals surface area contributed by atoms with Crippen molar-refractivity contribution in [2.75, 3.05) is 10.2 Å². The molecule has 1 aliphatic heterocycles. The van der Waals surface area contributed by atoms with Gasteiger partial charge < -0.3 is 9.73 Å². The van der Waals surface area contributed by atoms with Crippen LogP contribution in [0.5, 0.6) is 0 Å². The molecular formula is C19H16N2O2. The van der Waals surface area contributed by atoms with Gasteiger partial charge in [-0.2, -0.15) is 0 Å². The van der Waals surface area contributed by atoms with Gasteiger partial charge in [-0.05, 0) is 43.3 Å². The first kappa shape index (κ1) is 13.6. The van der Waals surface area contributed by atoms with Crippen molar-refractivity contribution in [2.45, 2.75) is 13.1 Å². The highest BCUT2D eigenvalue weighted by Gasteiger charge is 2.35. The van der Waals surface area contributed by atoms with Crippen LogP contribution in [0, 0.1) is 6.92 Å².